The second-order valence-corrected chi connectivity index (χ2v) is 5.14. The lowest BCUT2D eigenvalue weighted by Gasteiger charge is -2.29. The highest BCUT2D eigenvalue weighted by molar-refractivity contribution is 5.93. The van der Waals surface area contributed by atoms with E-state index >= 15 is 0 Å². The monoisotopic (exact) mass is 270 g/mol. The van der Waals surface area contributed by atoms with E-state index in [1.807, 2.05) is 35.2 Å². The molecular weight excluding hydrogens is 252 g/mol. The standard InChI is InChI=1S/C15H18N4O/c16-13-6-8-18(9-7-13)15(20)12-10-17-19(11-12)14-4-2-1-3-5-14/h1-5,10-11,13H,6-9,16H2. The smallest absolute Gasteiger partial charge is 0.257 e. The Labute approximate surface area is 118 Å². The number of para-hydroxylation sites is 1. The molecule has 0 saturated carbocycles. The van der Waals surface area contributed by atoms with Gasteiger partial charge < -0.3 is 10.6 Å². The third-order valence-electron chi connectivity index (χ3n) is 3.68. The van der Waals surface area contributed by atoms with Crippen molar-refractivity contribution in [1.82, 2.24) is 14.7 Å². The van der Waals surface area contributed by atoms with Crippen molar-refractivity contribution in [2.75, 3.05) is 13.1 Å². The van der Waals surface area contributed by atoms with Crippen LogP contribution in [-0.4, -0.2) is 39.7 Å². The molecule has 1 saturated heterocycles. The van der Waals surface area contributed by atoms with E-state index in [1.165, 1.54) is 0 Å². The molecule has 1 aliphatic heterocycles. The summed E-state index contributed by atoms with van der Waals surface area (Å²) in [5.74, 6) is 0.0408. The topological polar surface area (TPSA) is 64.2 Å². The summed E-state index contributed by atoms with van der Waals surface area (Å²) in [5.41, 5.74) is 7.44. The number of carbonyl (C=O) groups excluding carboxylic acids is 1. The molecule has 2 heterocycles. The molecule has 0 bridgehead atoms. The van der Waals surface area contributed by atoms with Crippen LogP contribution in [0.2, 0.25) is 0 Å². The summed E-state index contributed by atoms with van der Waals surface area (Å²) in [6, 6.07) is 10.00. The number of rotatable bonds is 2. The first-order valence-electron chi connectivity index (χ1n) is 6.89. The third kappa shape index (κ3) is 2.58. The van der Waals surface area contributed by atoms with Crippen LogP contribution >= 0.6 is 0 Å². The SMILES string of the molecule is NC1CCN(C(=O)c2cnn(-c3ccccc3)c2)CC1. The Balaban J connectivity index is 1.75. The predicted molar refractivity (Wildman–Crippen MR) is 76.7 cm³/mol. The lowest BCUT2D eigenvalue weighted by atomic mass is 10.1. The van der Waals surface area contributed by atoms with Gasteiger partial charge in [0.1, 0.15) is 0 Å². The first kappa shape index (κ1) is 12.9. The zero-order chi connectivity index (χ0) is 13.9. The van der Waals surface area contributed by atoms with Crippen LogP contribution in [0, 0.1) is 0 Å². The molecule has 1 amide bonds. The van der Waals surface area contributed by atoms with Crippen LogP contribution in [0.4, 0.5) is 0 Å². The van der Waals surface area contributed by atoms with Crippen molar-refractivity contribution < 1.29 is 4.79 Å². The van der Waals surface area contributed by atoms with Crippen LogP contribution in [0.1, 0.15) is 23.2 Å². The maximum atomic E-state index is 12.4. The van der Waals surface area contributed by atoms with Crippen molar-refractivity contribution >= 4 is 5.91 Å². The molecule has 20 heavy (non-hydrogen) atoms. The van der Waals surface area contributed by atoms with Crippen LogP contribution in [0.3, 0.4) is 0 Å². The summed E-state index contributed by atoms with van der Waals surface area (Å²) in [6.07, 6.45) is 5.16. The Morgan fingerprint density at radius 1 is 1.20 bits per heavy atom. The van der Waals surface area contributed by atoms with Gasteiger partial charge in [0.2, 0.25) is 0 Å². The average Bonchev–Trinajstić information content (AvgIpc) is 2.98. The molecule has 5 heteroatoms. The van der Waals surface area contributed by atoms with Gasteiger partial charge in [-0.2, -0.15) is 5.10 Å². The summed E-state index contributed by atoms with van der Waals surface area (Å²) in [7, 11) is 0. The molecule has 2 N–H and O–H groups in total. The van der Waals surface area contributed by atoms with Crippen molar-refractivity contribution in [3.63, 3.8) is 0 Å². The number of hydrogen-bond donors (Lipinski definition) is 1. The number of carbonyl (C=O) groups is 1. The number of likely N-dealkylation sites (tertiary alicyclic amines) is 1. The Kier molecular flexibility index (Phi) is 3.52. The number of piperidine rings is 1. The molecular formula is C15H18N4O. The number of nitrogens with two attached hydrogens (primary N) is 1. The Morgan fingerprint density at radius 2 is 1.90 bits per heavy atom. The van der Waals surface area contributed by atoms with E-state index in [0.29, 0.717) is 5.56 Å². The van der Waals surface area contributed by atoms with Crippen molar-refractivity contribution in [1.29, 1.82) is 0 Å². The van der Waals surface area contributed by atoms with Gasteiger partial charge in [0.05, 0.1) is 17.4 Å². The van der Waals surface area contributed by atoms with Gasteiger partial charge in [0.25, 0.3) is 5.91 Å². The molecule has 0 atom stereocenters. The summed E-state index contributed by atoms with van der Waals surface area (Å²) < 4.78 is 1.73. The van der Waals surface area contributed by atoms with Crippen LogP contribution in [0.15, 0.2) is 42.7 Å². The lowest BCUT2D eigenvalue weighted by Crippen LogP contribution is -2.42. The Bertz CT molecular complexity index is 585. The molecule has 1 aromatic heterocycles. The van der Waals surface area contributed by atoms with Crippen LogP contribution < -0.4 is 5.73 Å². The maximum Gasteiger partial charge on any atom is 0.257 e. The van der Waals surface area contributed by atoms with Gasteiger partial charge in [-0.1, -0.05) is 18.2 Å². The highest BCUT2D eigenvalue weighted by atomic mass is 16.2. The molecule has 0 radical (unpaired) electrons. The molecule has 0 aliphatic carbocycles. The van der Waals surface area contributed by atoms with Gasteiger partial charge in [-0.05, 0) is 25.0 Å². The lowest BCUT2D eigenvalue weighted by molar-refractivity contribution is 0.0715. The van der Waals surface area contributed by atoms with Gasteiger partial charge in [0, 0.05) is 25.3 Å². The van der Waals surface area contributed by atoms with Crippen molar-refractivity contribution in [2.24, 2.45) is 5.73 Å². The molecule has 104 valence electrons. The number of benzene rings is 1. The molecule has 1 aromatic carbocycles. The van der Waals surface area contributed by atoms with E-state index in [4.69, 9.17) is 5.73 Å². The molecule has 1 aliphatic rings. The third-order valence-corrected chi connectivity index (χ3v) is 3.68. The van der Waals surface area contributed by atoms with Crippen molar-refractivity contribution in [3.05, 3.63) is 48.3 Å². The highest BCUT2D eigenvalue weighted by Crippen LogP contribution is 2.14. The summed E-state index contributed by atoms with van der Waals surface area (Å²) in [4.78, 5) is 14.2. The van der Waals surface area contributed by atoms with Crippen molar-refractivity contribution in [2.45, 2.75) is 18.9 Å². The second-order valence-electron chi connectivity index (χ2n) is 5.14. The largest absolute Gasteiger partial charge is 0.338 e. The van der Waals surface area contributed by atoms with Crippen LogP contribution in [0.25, 0.3) is 5.69 Å². The van der Waals surface area contributed by atoms with E-state index in [2.05, 4.69) is 5.10 Å². The number of nitrogens with zero attached hydrogens (tertiary/aromatic N) is 3. The minimum atomic E-state index is 0.0408. The van der Waals surface area contributed by atoms with Crippen LogP contribution in [-0.2, 0) is 0 Å². The first-order chi connectivity index (χ1) is 9.74. The average molecular weight is 270 g/mol. The fourth-order valence-electron chi connectivity index (χ4n) is 2.44. The first-order valence-corrected chi connectivity index (χ1v) is 6.89. The normalized spacial score (nSPS) is 16.4. The van der Waals surface area contributed by atoms with E-state index < -0.39 is 0 Å². The Hall–Kier alpha value is -2.14. The molecule has 0 spiro atoms. The quantitative estimate of drug-likeness (QED) is 0.898. The fourth-order valence-corrected chi connectivity index (χ4v) is 2.44. The minimum Gasteiger partial charge on any atom is -0.338 e. The van der Waals surface area contributed by atoms with Gasteiger partial charge in [0.15, 0.2) is 0 Å². The molecule has 3 rings (SSSR count). The summed E-state index contributed by atoms with van der Waals surface area (Å²) in [5, 5.41) is 4.26. The zero-order valence-electron chi connectivity index (χ0n) is 11.3. The molecule has 5 nitrogen and oxygen atoms in total. The van der Waals surface area contributed by atoms with E-state index in [1.54, 1.807) is 17.1 Å². The van der Waals surface area contributed by atoms with Gasteiger partial charge in [-0.25, -0.2) is 4.68 Å². The number of hydrogen-bond acceptors (Lipinski definition) is 3. The van der Waals surface area contributed by atoms with Crippen molar-refractivity contribution in [3.8, 4) is 5.69 Å². The van der Waals surface area contributed by atoms with Crippen LogP contribution in [0.5, 0.6) is 0 Å². The molecule has 2 aromatic rings. The maximum absolute atomic E-state index is 12.4. The molecule has 0 unspecified atom stereocenters. The van der Waals surface area contributed by atoms with Gasteiger partial charge in [-0.15, -0.1) is 0 Å². The van der Waals surface area contributed by atoms with Gasteiger partial charge >= 0.3 is 0 Å². The predicted octanol–water partition coefficient (Wildman–Crippen LogP) is 1.44. The minimum absolute atomic E-state index is 0.0408. The highest BCUT2D eigenvalue weighted by Gasteiger charge is 2.22. The molecule has 1 fully saturated rings. The van der Waals surface area contributed by atoms with Gasteiger partial charge in [-0.3, -0.25) is 4.79 Å². The number of aromatic nitrogens is 2. The summed E-state index contributed by atoms with van der Waals surface area (Å²) in [6.45, 7) is 1.47. The van der Waals surface area contributed by atoms with E-state index in [9.17, 15) is 4.79 Å². The fraction of sp³-hybridized carbons (Fsp3) is 0.333. The Morgan fingerprint density at radius 3 is 2.60 bits per heavy atom. The second kappa shape index (κ2) is 5.46. The number of amides is 1. The van der Waals surface area contributed by atoms with E-state index in [-0.39, 0.29) is 11.9 Å². The van der Waals surface area contributed by atoms with E-state index in [0.717, 1.165) is 31.6 Å². The summed E-state index contributed by atoms with van der Waals surface area (Å²) >= 11 is 0. The zero-order valence-corrected chi connectivity index (χ0v) is 11.3.